The van der Waals surface area contributed by atoms with Gasteiger partial charge in [-0.1, -0.05) is 42.0 Å². The highest BCUT2D eigenvalue weighted by atomic mass is 16.7. The van der Waals surface area contributed by atoms with Gasteiger partial charge in [-0.15, -0.1) is 0 Å². The molecular weight excluding hydrogens is 252 g/mol. The third-order valence-corrected chi connectivity index (χ3v) is 3.18. The predicted molar refractivity (Wildman–Crippen MR) is 79.4 cm³/mol. The Morgan fingerprint density at radius 3 is 2.60 bits per heavy atom. The lowest BCUT2D eigenvalue weighted by atomic mass is 10.1. The van der Waals surface area contributed by atoms with Crippen LogP contribution in [0.1, 0.15) is 33.3 Å². The molecule has 2 rings (SSSR count). The summed E-state index contributed by atoms with van der Waals surface area (Å²) in [7, 11) is 0. The Morgan fingerprint density at radius 2 is 2.05 bits per heavy atom. The van der Waals surface area contributed by atoms with Gasteiger partial charge in [-0.25, -0.2) is 0 Å². The molecule has 0 saturated carbocycles. The van der Waals surface area contributed by atoms with E-state index in [-0.39, 0.29) is 12.2 Å². The molecule has 0 bridgehead atoms. The second kappa shape index (κ2) is 6.53. The minimum absolute atomic E-state index is 0.0522. The fraction of sp³-hybridized carbons (Fsp3) is 0.529. The Hall–Kier alpha value is -1.16. The van der Waals surface area contributed by atoms with Gasteiger partial charge in [0, 0.05) is 0 Å². The van der Waals surface area contributed by atoms with Crippen molar-refractivity contribution in [3.63, 3.8) is 0 Å². The number of allylic oxidation sites excluding steroid dienone is 1. The van der Waals surface area contributed by atoms with Gasteiger partial charge in [0.05, 0.1) is 13.2 Å². The molecule has 1 aromatic rings. The highest BCUT2D eigenvalue weighted by Crippen LogP contribution is 2.26. The Morgan fingerprint density at radius 1 is 1.35 bits per heavy atom. The van der Waals surface area contributed by atoms with Crippen molar-refractivity contribution in [3.8, 4) is 0 Å². The molecule has 1 aliphatic rings. The average Bonchev–Trinajstić information content (AvgIpc) is 2.76. The Bertz CT molecular complexity index is 447. The van der Waals surface area contributed by atoms with Crippen molar-refractivity contribution in [2.24, 2.45) is 0 Å². The summed E-state index contributed by atoms with van der Waals surface area (Å²) < 4.78 is 17.6. The van der Waals surface area contributed by atoms with Crippen LogP contribution in [0.25, 0.3) is 0 Å². The molecule has 110 valence electrons. The molecular formula is C17H24O3. The first-order valence-electron chi connectivity index (χ1n) is 7.08. The first-order chi connectivity index (χ1) is 9.46. The highest BCUT2D eigenvalue weighted by Gasteiger charge is 2.37. The molecule has 3 nitrogen and oxygen atoms in total. The molecule has 0 aromatic heterocycles. The van der Waals surface area contributed by atoms with Crippen LogP contribution in [0.2, 0.25) is 0 Å². The van der Waals surface area contributed by atoms with Gasteiger partial charge in [-0.05, 0) is 33.3 Å². The number of ether oxygens (including phenoxy) is 3. The van der Waals surface area contributed by atoms with E-state index in [9.17, 15) is 0 Å². The van der Waals surface area contributed by atoms with Crippen molar-refractivity contribution in [2.45, 2.75) is 52.3 Å². The first-order valence-corrected chi connectivity index (χ1v) is 7.08. The Labute approximate surface area is 121 Å². The van der Waals surface area contributed by atoms with Crippen LogP contribution in [0.15, 0.2) is 42.0 Å². The summed E-state index contributed by atoms with van der Waals surface area (Å²) in [4.78, 5) is 0. The number of rotatable bonds is 5. The zero-order valence-electron chi connectivity index (χ0n) is 12.8. The lowest BCUT2D eigenvalue weighted by Gasteiger charge is -2.23. The van der Waals surface area contributed by atoms with Gasteiger partial charge in [0.2, 0.25) is 0 Å². The van der Waals surface area contributed by atoms with E-state index in [1.54, 1.807) is 0 Å². The van der Waals surface area contributed by atoms with Gasteiger partial charge in [0.1, 0.15) is 12.2 Å². The monoisotopic (exact) mass is 276 g/mol. The van der Waals surface area contributed by atoms with E-state index >= 15 is 0 Å². The lowest BCUT2D eigenvalue weighted by Crippen LogP contribution is -2.31. The number of hydrogen-bond donors (Lipinski definition) is 0. The Balaban J connectivity index is 2.00. The average molecular weight is 276 g/mol. The first kappa shape index (κ1) is 15.2. The van der Waals surface area contributed by atoms with Crippen LogP contribution >= 0.6 is 0 Å². The van der Waals surface area contributed by atoms with E-state index < -0.39 is 5.79 Å². The van der Waals surface area contributed by atoms with Crippen LogP contribution in [-0.4, -0.2) is 24.6 Å². The molecule has 0 amide bonds. The van der Waals surface area contributed by atoms with E-state index in [1.807, 2.05) is 32.0 Å². The van der Waals surface area contributed by atoms with Crippen LogP contribution in [0.3, 0.4) is 0 Å². The summed E-state index contributed by atoms with van der Waals surface area (Å²) in [5.41, 5.74) is 2.38. The molecule has 0 aliphatic carbocycles. The molecule has 1 fully saturated rings. The maximum absolute atomic E-state index is 6.03. The maximum atomic E-state index is 6.03. The van der Waals surface area contributed by atoms with E-state index in [0.29, 0.717) is 13.2 Å². The molecule has 2 atom stereocenters. The van der Waals surface area contributed by atoms with Crippen LogP contribution in [0.5, 0.6) is 0 Å². The molecule has 0 radical (unpaired) electrons. The van der Waals surface area contributed by atoms with Crippen molar-refractivity contribution in [1.29, 1.82) is 0 Å². The highest BCUT2D eigenvalue weighted by molar-refractivity contribution is 5.14. The van der Waals surface area contributed by atoms with Gasteiger partial charge in [-0.3, -0.25) is 0 Å². The summed E-state index contributed by atoms with van der Waals surface area (Å²) in [6, 6.07) is 10.2. The molecule has 1 aromatic carbocycles. The molecule has 0 N–H and O–H groups in total. The van der Waals surface area contributed by atoms with Crippen molar-refractivity contribution < 1.29 is 14.2 Å². The van der Waals surface area contributed by atoms with Gasteiger partial charge >= 0.3 is 0 Å². The number of hydrogen-bond acceptors (Lipinski definition) is 3. The molecule has 1 aliphatic heterocycles. The molecule has 1 saturated heterocycles. The second-order valence-corrected chi connectivity index (χ2v) is 5.87. The van der Waals surface area contributed by atoms with Crippen molar-refractivity contribution in [3.05, 3.63) is 47.5 Å². The minimum Gasteiger partial charge on any atom is -0.367 e. The zero-order chi connectivity index (χ0) is 14.6. The fourth-order valence-electron chi connectivity index (χ4n) is 2.24. The predicted octanol–water partition coefficient (Wildman–Crippen LogP) is 3.69. The van der Waals surface area contributed by atoms with Crippen molar-refractivity contribution in [2.75, 3.05) is 6.61 Å². The fourth-order valence-corrected chi connectivity index (χ4v) is 2.24. The van der Waals surface area contributed by atoms with Gasteiger partial charge < -0.3 is 14.2 Å². The molecule has 20 heavy (non-hydrogen) atoms. The van der Waals surface area contributed by atoms with Gasteiger partial charge in [0.15, 0.2) is 5.79 Å². The summed E-state index contributed by atoms with van der Waals surface area (Å²) in [5.74, 6) is -0.519. The van der Waals surface area contributed by atoms with Crippen molar-refractivity contribution in [1.82, 2.24) is 0 Å². The third kappa shape index (κ3) is 4.44. The van der Waals surface area contributed by atoms with E-state index in [1.165, 1.54) is 5.57 Å². The summed E-state index contributed by atoms with van der Waals surface area (Å²) >= 11 is 0. The third-order valence-electron chi connectivity index (χ3n) is 3.18. The zero-order valence-corrected chi connectivity index (χ0v) is 12.8. The standard InChI is InChI=1S/C17H24O3/c1-13(2)10-15(16-12-19-17(3,4)20-16)18-11-14-8-6-5-7-9-14/h5-10,15-16H,11-12H2,1-4H3/t15-,16-/m1/s1. The van der Waals surface area contributed by atoms with Gasteiger partial charge in [-0.2, -0.15) is 0 Å². The van der Waals surface area contributed by atoms with Crippen molar-refractivity contribution >= 4 is 0 Å². The molecule has 1 heterocycles. The molecule has 3 heteroatoms. The van der Waals surface area contributed by atoms with E-state index in [2.05, 4.69) is 32.1 Å². The van der Waals surface area contributed by atoms with Crippen LogP contribution in [0.4, 0.5) is 0 Å². The Kier molecular flexibility index (Phi) is 4.97. The summed E-state index contributed by atoms with van der Waals surface area (Å²) in [6.45, 7) is 9.15. The minimum atomic E-state index is -0.519. The topological polar surface area (TPSA) is 27.7 Å². The van der Waals surface area contributed by atoms with Crippen LogP contribution in [0, 0.1) is 0 Å². The smallest absolute Gasteiger partial charge is 0.163 e. The maximum Gasteiger partial charge on any atom is 0.163 e. The second-order valence-electron chi connectivity index (χ2n) is 5.87. The quantitative estimate of drug-likeness (QED) is 0.768. The largest absolute Gasteiger partial charge is 0.367 e. The van der Waals surface area contributed by atoms with Crippen LogP contribution < -0.4 is 0 Å². The van der Waals surface area contributed by atoms with Gasteiger partial charge in [0.25, 0.3) is 0 Å². The molecule has 0 spiro atoms. The molecule has 0 unspecified atom stereocenters. The van der Waals surface area contributed by atoms with Crippen LogP contribution in [-0.2, 0) is 20.8 Å². The number of benzene rings is 1. The van der Waals surface area contributed by atoms with E-state index in [0.717, 1.165) is 5.56 Å². The normalized spacial score (nSPS) is 22.5. The lowest BCUT2D eigenvalue weighted by molar-refractivity contribution is -0.152. The SMILES string of the molecule is CC(C)=C[C@@H](OCc1ccccc1)[C@H]1COC(C)(C)O1. The van der Waals surface area contributed by atoms with E-state index in [4.69, 9.17) is 14.2 Å². The summed E-state index contributed by atoms with van der Waals surface area (Å²) in [6.07, 6.45) is 1.98. The summed E-state index contributed by atoms with van der Waals surface area (Å²) in [5, 5.41) is 0.